The lowest BCUT2D eigenvalue weighted by Crippen LogP contribution is -2.30. The zero-order chi connectivity index (χ0) is 14.5. The molecule has 3 N–H and O–H groups in total. The standard InChI is InChI=1S/C15H17BrFN3/c1-2-10-3-5-12(19-9-10)8-15(20-18)13-7-11(16)4-6-14(13)17/h3-7,9,15,20H,2,8,18H2,1H3. The van der Waals surface area contributed by atoms with Gasteiger partial charge < -0.3 is 0 Å². The van der Waals surface area contributed by atoms with Gasteiger partial charge >= 0.3 is 0 Å². The van der Waals surface area contributed by atoms with E-state index in [4.69, 9.17) is 5.84 Å². The molecule has 1 atom stereocenters. The van der Waals surface area contributed by atoms with Crippen molar-refractivity contribution >= 4 is 15.9 Å². The Kier molecular flexibility index (Phi) is 5.23. The summed E-state index contributed by atoms with van der Waals surface area (Å²) in [5.74, 6) is 5.29. The van der Waals surface area contributed by atoms with Crippen LogP contribution in [0.15, 0.2) is 41.0 Å². The SMILES string of the molecule is CCc1ccc(CC(NN)c2cc(Br)ccc2F)nc1. The number of rotatable bonds is 5. The third-order valence-corrected chi connectivity index (χ3v) is 3.74. The monoisotopic (exact) mass is 337 g/mol. The highest BCUT2D eigenvalue weighted by Gasteiger charge is 2.16. The quantitative estimate of drug-likeness (QED) is 0.650. The van der Waals surface area contributed by atoms with E-state index in [0.717, 1.165) is 16.6 Å². The van der Waals surface area contributed by atoms with Gasteiger partial charge in [-0.05, 0) is 36.2 Å². The molecule has 0 aliphatic heterocycles. The van der Waals surface area contributed by atoms with Crippen molar-refractivity contribution < 1.29 is 4.39 Å². The van der Waals surface area contributed by atoms with Crippen LogP contribution in [-0.4, -0.2) is 4.98 Å². The fraction of sp³-hybridized carbons (Fsp3) is 0.267. The number of hydrazine groups is 1. The third-order valence-electron chi connectivity index (χ3n) is 3.24. The molecule has 1 unspecified atom stereocenters. The Morgan fingerprint density at radius 2 is 2.15 bits per heavy atom. The Morgan fingerprint density at radius 3 is 2.75 bits per heavy atom. The minimum absolute atomic E-state index is 0.277. The summed E-state index contributed by atoms with van der Waals surface area (Å²) in [5.41, 5.74) is 5.25. The Hall–Kier alpha value is -1.30. The zero-order valence-electron chi connectivity index (χ0n) is 11.2. The molecule has 0 fully saturated rings. The molecule has 2 rings (SSSR count). The smallest absolute Gasteiger partial charge is 0.128 e. The molecule has 3 nitrogen and oxygen atoms in total. The second kappa shape index (κ2) is 6.92. The largest absolute Gasteiger partial charge is 0.271 e. The molecule has 0 bridgehead atoms. The maximum absolute atomic E-state index is 13.9. The van der Waals surface area contributed by atoms with Gasteiger partial charge in [0.1, 0.15) is 5.82 Å². The van der Waals surface area contributed by atoms with Gasteiger partial charge in [-0.1, -0.05) is 28.9 Å². The second-order valence-corrected chi connectivity index (χ2v) is 5.52. The van der Waals surface area contributed by atoms with Crippen molar-refractivity contribution in [1.82, 2.24) is 10.4 Å². The zero-order valence-corrected chi connectivity index (χ0v) is 12.8. The summed E-state index contributed by atoms with van der Waals surface area (Å²) in [6.07, 6.45) is 3.33. The highest BCUT2D eigenvalue weighted by Crippen LogP contribution is 2.23. The first-order valence-corrected chi connectivity index (χ1v) is 7.28. The first kappa shape index (κ1) is 15.1. The molecule has 20 heavy (non-hydrogen) atoms. The Balaban J connectivity index is 2.21. The molecule has 2 aromatic rings. The summed E-state index contributed by atoms with van der Waals surface area (Å²) in [5, 5.41) is 0. The molecule has 0 aliphatic carbocycles. The number of nitrogens with one attached hydrogen (secondary N) is 1. The van der Waals surface area contributed by atoms with Gasteiger partial charge in [0.2, 0.25) is 0 Å². The van der Waals surface area contributed by atoms with E-state index in [1.807, 2.05) is 18.3 Å². The van der Waals surface area contributed by atoms with Crippen LogP contribution in [0.2, 0.25) is 0 Å². The van der Waals surface area contributed by atoms with E-state index in [-0.39, 0.29) is 11.9 Å². The van der Waals surface area contributed by atoms with Crippen LogP contribution in [0, 0.1) is 5.82 Å². The number of hydrogen-bond acceptors (Lipinski definition) is 3. The van der Waals surface area contributed by atoms with Crippen LogP contribution in [0.3, 0.4) is 0 Å². The van der Waals surface area contributed by atoms with Crippen molar-refractivity contribution in [3.8, 4) is 0 Å². The molecule has 0 spiro atoms. The van der Waals surface area contributed by atoms with Crippen molar-refractivity contribution in [2.24, 2.45) is 5.84 Å². The van der Waals surface area contributed by atoms with Crippen LogP contribution in [0.4, 0.5) is 4.39 Å². The van der Waals surface area contributed by atoms with Crippen molar-refractivity contribution in [2.45, 2.75) is 25.8 Å². The third kappa shape index (κ3) is 3.62. The van der Waals surface area contributed by atoms with Gasteiger partial charge in [-0.25, -0.2) is 4.39 Å². The highest BCUT2D eigenvalue weighted by atomic mass is 79.9. The summed E-state index contributed by atoms with van der Waals surface area (Å²) in [6.45, 7) is 2.08. The maximum atomic E-state index is 13.9. The van der Waals surface area contributed by atoms with Gasteiger partial charge in [0.25, 0.3) is 0 Å². The summed E-state index contributed by atoms with van der Waals surface area (Å²) >= 11 is 3.35. The first-order valence-electron chi connectivity index (χ1n) is 6.49. The molecule has 106 valence electrons. The van der Waals surface area contributed by atoms with Gasteiger partial charge in [-0.2, -0.15) is 0 Å². The van der Waals surface area contributed by atoms with Gasteiger partial charge in [0.05, 0.1) is 6.04 Å². The number of nitrogens with zero attached hydrogens (tertiary/aromatic N) is 1. The van der Waals surface area contributed by atoms with Gasteiger partial charge in [0.15, 0.2) is 0 Å². The predicted molar refractivity (Wildman–Crippen MR) is 81.5 cm³/mol. The van der Waals surface area contributed by atoms with Crippen LogP contribution in [0.1, 0.15) is 29.8 Å². The number of pyridine rings is 1. The van der Waals surface area contributed by atoms with E-state index in [9.17, 15) is 4.39 Å². The Morgan fingerprint density at radius 1 is 1.35 bits per heavy atom. The van der Waals surface area contributed by atoms with Crippen molar-refractivity contribution in [1.29, 1.82) is 0 Å². The summed E-state index contributed by atoms with van der Waals surface area (Å²) in [6, 6.07) is 8.51. The predicted octanol–water partition coefficient (Wildman–Crippen LogP) is 3.29. The molecule has 0 amide bonds. The number of benzene rings is 1. The average molecular weight is 338 g/mol. The molecule has 0 aliphatic rings. The van der Waals surface area contributed by atoms with Gasteiger partial charge in [0, 0.05) is 28.3 Å². The number of aromatic nitrogens is 1. The van der Waals surface area contributed by atoms with Crippen molar-refractivity contribution in [3.05, 3.63) is 63.6 Å². The minimum Gasteiger partial charge on any atom is -0.271 e. The van der Waals surface area contributed by atoms with E-state index < -0.39 is 0 Å². The summed E-state index contributed by atoms with van der Waals surface area (Å²) in [7, 11) is 0. The van der Waals surface area contributed by atoms with Gasteiger partial charge in [-0.15, -0.1) is 0 Å². The van der Waals surface area contributed by atoms with Crippen molar-refractivity contribution in [2.75, 3.05) is 0 Å². The van der Waals surface area contributed by atoms with Crippen molar-refractivity contribution in [3.63, 3.8) is 0 Å². The van der Waals surface area contributed by atoms with Gasteiger partial charge in [-0.3, -0.25) is 16.3 Å². The molecular weight excluding hydrogens is 321 g/mol. The second-order valence-electron chi connectivity index (χ2n) is 4.60. The van der Waals surface area contributed by atoms with Crippen LogP contribution < -0.4 is 11.3 Å². The van der Waals surface area contributed by atoms with Crippen LogP contribution in [-0.2, 0) is 12.8 Å². The minimum atomic E-state index is -0.313. The average Bonchev–Trinajstić information content (AvgIpc) is 2.48. The topological polar surface area (TPSA) is 50.9 Å². The lowest BCUT2D eigenvalue weighted by molar-refractivity contribution is 0.506. The number of aryl methyl sites for hydroxylation is 1. The normalized spacial score (nSPS) is 12.4. The van der Waals surface area contributed by atoms with E-state index in [1.54, 1.807) is 12.1 Å². The number of halogens is 2. The van der Waals surface area contributed by atoms with E-state index in [2.05, 4.69) is 33.3 Å². The summed E-state index contributed by atoms with van der Waals surface area (Å²) in [4.78, 5) is 4.39. The van der Waals surface area contributed by atoms with E-state index in [0.29, 0.717) is 12.0 Å². The Bertz CT molecular complexity index is 572. The molecule has 1 aromatic heterocycles. The molecule has 1 aromatic carbocycles. The number of hydrogen-bond donors (Lipinski definition) is 2. The molecular formula is C15H17BrFN3. The number of nitrogens with two attached hydrogens (primary N) is 1. The lowest BCUT2D eigenvalue weighted by Gasteiger charge is -2.17. The molecule has 5 heteroatoms. The fourth-order valence-electron chi connectivity index (χ4n) is 2.03. The van der Waals surface area contributed by atoms with E-state index in [1.165, 1.54) is 11.6 Å². The highest BCUT2D eigenvalue weighted by molar-refractivity contribution is 9.10. The molecule has 0 saturated carbocycles. The lowest BCUT2D eigenvalue weighted by atomic mass is 10.0. The van der Waals surface area contributed by atoms with Crippen LogP contribution in [0.5, 0.6) is 0 Å². The first-order chi connectivity index (χ1) is 9.63. The molecule has 1 heterocycles. The van der Waals surface area contributed by atoms with Crippen LogP contribution in [0.25, 0.3) is 0 Å². The summed E-state index contributed by atoms with van der Waals surface area (Å²) < 4.78 is 14.7. The van der Waals surface area contributed by atoms with Crippen LogP contribution >= 0.6 is 15.9 Å². The molecule has 0 saturated heterocycles. The maximum Gasteiger partial charge on any atom is 0.128 e. The fourth-order valence-corrected chi connectivity index (χ4v) is 2.41. The van der Waals surface area contributed by atoms with E-state index >= 15 is 0 Å². The Labute approximate surface area is 126 Å². The molecule has 0 radical (unpaired) electrons.